The fourth-order valence-corrected chi connectivity index (χ4v) is 3.53. The first kappa shape index (κ1) is 16.6. The van der Waals surface area contributed by atoms with Crippen LogP contribution in [-0.4, -0.2) is 20.3 Å². The summed E-state index contributed by atoms with van der Waals surface area (Å²) in [5.74, 6) is 0.558. The highest BCUT2D eigenvalue weighted by Crippen LogP contribution is 2.32. The molecule has 0 radical (unpaired) electrons. The fraction of sp³-hybridized carbons (Fsp3) is 0.474. The number of hydrogen-bond acceptors (Lipinski definition) is 4. The van der Waals surface area contributed by atoms with Gasteiger partial charge in [0.05, 0.1) is 18.2 Å². The summed E-state index contributed by atoms with van der Waals surface area (Å²) in [6.07, 6.45) is 12.2. The van der Waals surface area contributed by atoms with Gasteiger partial charge in [0.1, 0.15) is 0 Å². The van der Waals surface area contributed by atoms with Crippen LogP contribution in [0, 0.1) is 12.8 Å². The van der Waals surface area contributed by atoms with Crippen LogP contribution in [0.1, 0.15) is 49.4 Å². The summed E-state index contributed by atoms with van der Waals surface area (Å²) in [5, 5.41) is 0. The van der Waals surface area contributed by atoms with E-state index in [1.54, 1.807) is 35.4 Å². The summed E-state index contributed by atoms with van der Waals surface area (Å²) in [6, 6.07) is 3.07. The molecule has 1 atom stereocenters. The van der Waals surface area contributed by atoms with Crippen LogP contribution in [0.5, 0.6) is 0 Å². The third-order valence-corrected chi connectivity index (χ3v) is 4.81. The number of hydrogen-bond donors (Lipinski definition) is 0. The van der Waals surface area contributed by atoms with Gasteiger partial charge in [-0.25, -0.2) is 0 Å². The Labute approximate surface area is 141 Å². The molecule has 0 amide bonds. The molecule has 0 N–H and O–H groups in total. The normalized spacial score (nSPS) is 16.2. The third kappa shape index (κ3) is 3.96. The highest BCUT2D eigenvalue weighted by molar-refractivity contribution is 5.84. The Hall–Kier alpha value is -2.30. The van der Waals surface area contributed by atoms with Crippen LogP contribution in [-0.2, 0) is 11.2 Å². The molecule has 0 unspecified atom stereocenters. The first-order valence-electron chi connectivity index (χ1n) is 8.60. The summed E-state index contributed by atoms with van der Waals surface area (Å²) >= 11 is 0. The number of rotatable bonds is 6. The number of ketones is 1. The van der Waals surface area contributed by atoms with Crippen molar-refractivity contribution in [1.29, 1.82) is 0 Å². The smallest absolute Gasteiger partial charge is 0.251 e. The minimum absolute atomic E-state index is 0.0355. The Morgan fingerprint density at radius 2 is 2.12 bits per heavy atom. The maximum atomic E-state index is 12.9. The maximum absolute atomic E-state index is 12.9. The summed E-state index contributed by atoms with van der Waals surface area (Å²) in [6.45, 7) is 1.89. The minimum atomic E-state index is -0.414. The summed E-state index contributed by atoms with van der Waals surface area (Å²) < 4.78 is 1.60. The molecule has 0 bridgehead atoms. The van der Waals surface area contributed by atoms with Crippen molar-refractivity contribution in [2.45, 2.75) is 51.5 Å². The monoisotopic (exact) mass is 325 g/mol. The van der Waals surface area contributed by atoms with Gasteiger partial charge >= 0.3 is 0 Å². The maximum Gasteiger partial charge on any atom is 0.251 e. The molecule has 1 fully saturated rings. The Morgan fingerprint density at radius 1 is 1.33 bits per heavy atom. The second-order valence-corrected chi connectivity index (χ2v) is 6.69. The molecule has 24 heavy (non-hydrogen) atoms. The van der Waals surface area contributed by atoms with E-state index in [2.05, 4.69) is 9.97 Å². The van der Waals surface area contributed by atoms with E-state index >= 15 is 0 Å². The molecule has 5 nitrogen and oxygen atoms in total. The molecule has 0 aromatic carbocycles. The van der Waals surface area contributed by atoms with Crippen molar-refractivity contribution in [3.8, 4) is 0 Å². The van der Waals surface area contributed by atoms with Crippen LogP contribution in [0.3, 0.4) is 0 Å². The van der Waals surface area contributed by atoms with E-state index in [1.807, 2.05) is 13.0 Å². The number of Topliss-reactive ketones (excluding diaryl/α,β-unsaturated/α-hetero) is 1. The predicted molar refractivity (Wildman–Crippen MR) is 91.8 cm³/mol. The van der Waals surface area contributed by atoms with Gasteiger partial charge in [-0.3, -0.25) is 19.6 Å². The van der Waals surface area contributed by atoms with Gasteiger partial charge in [0.25, 0.3) is 5.56 Å². The molecule has 1 aliphatic rings. The Balaban J connectivity index is 1.85. The van der Waals surface area contributed by atoms with Gasteiger partial charge in [-0.1, -0.05) is 25.7 Å². The van der Waals surface area contributed by atoms with Gasteiger partial charge in [0.2, 0.25) is 0 Å². The molecule has 3 rings (SSSR count). The summed E-state index contributed by atoms with van der Waals surface area (Å²) in [5.41, 5.74) is 1.46. The zero-order valence-electron chi connectivity index (χ0n) is 14.0. The van der Waals surface area contributed by atoms with Crippen molar-refractivity contribution in [3.63, 3.8) is 0 Å². The first-order valence-corrected chi connectivity index (χ1v) is 8.60. The third-order valence-electron chi connectivity index (χ3n) is 4.81. The molecule has 0 spiro atoms. The highest BCUT2D eigenvalue weighted by Gasteiger charge is 2.27. The summed E-state index contributed by atoms with van der Waals surface area (Å²) in [4.78, 5) is 33.5. The van der Waals surface area contributed by atoms with Crippen LogP contribution in [0.2, 0.25) is 0 Å². The van der Waals surface area contributed by atoms with Crippen LogP contribution in [0.15, 0.2) is 41.7 Å². The molecule has 0 aliphatic heterocycles. The molecule has 2 aromatic heterocycles. The highest BCUT2D eigenvalue weighted by atomic mass is 16.1. The SMILES string of the molecule is Cc1ccn([C@@H](CC2CCCC2)C(=O)Cc2cnccn2)c(=O)c1. The Morgan fingerprint density at radius 3 is 2.79 bits per heavy atom. The van der Waals surface area contributed by atoms with Gasteiger partial charge in [0, 0.05) is 30.9 Å². The Kier molecular flexibility index (Phi) is 5.18. The molecule has 5 heteroatoms. The molecule has 126 valence electrons. The lowest BCUT2D eigenvalue weighted by Gasteiger charge is -2.22. The van der Waals surface area contributed by atoms with E-state index in [4.69, 9.17) is 0 Å². The molecular formula is C19H23N3O2. The number of pyridine rings is 1. The predicted octanol–water partition coefficient (Wildman–Crippen LogP) is 2.88. The average Bonchev–Trinajstić information content (AvgIpc) is 3.07. The van der Waals surface area contributed by atoms with Gasteiger partial charge in [-0.15, -0.1) is 0 Å². The topological polar surface area (TPSA) is 64.8 Å². The van der Waals surface area contributed by atoms with E-state index in [-0.39, 0.29) is 17.8 Å². The molecule has 2 heterocycles. The number of aryl methyl sites for hydroxylation is 1. The van der Waals surface area contributed by atoms with Crippen molar-refractivity contribution >= 4 is 5.78 Å². The fourth-order valence-electron chi connectivity index (χ4n) is 3.53. The van der Waals surface area contributed by atoms with Crippen molar-refractivity contribution in [1.82, 2.24) is 14.5 Å². The molecular weight excluding hydrogens is 302 g/mol. The van der Waals surface area contributed by atoms with Crippen molar-refractivity contribution in [2.75, 3.05) is 0 Å². The molecule has 2 aromatic rings. The number of carbonyl (C=O) groups excluding carboxylic acids is 1. The lowest BCUT2D eigenvalue weighted by molar-refractivity contribution is -0.122. The van der Waals surface area contributed by atoms with E-state index < -0.39 is 6.04 Å². The summed E-state index contributed by atoms with van der Waals surface area (Å²) in [7, 11) is 0. The number of carbonyl (C=O) groups is 1. The largest absolute Gasteiger partial charge is 0.305 e. The van der Waals surface area contributed by atoms with Crippen molar-refractivity contribution < 1.29 is 4.79 Å². The quantitative estimate of drug-likeness (QED) is 0.819. The molecule has 0 saturated heterocycles. The zero-order chi connectivity index (χ0) is 16.9. The zero-order valence-corrected chi connectivity index (χ0v) is 14.0. The lowest BCUT2D eigenvalue weighted by atomic mass is 9.93. The van der Waals surface area contributed by atoms with E-state index in [0.717, 1.165) is 24.8 Å². The second-order valence-electron chi connectivity index (χ2n) is 6.69. The average molecular weight is 325 g/mol. The second kappa shape index (κ2) is 7.51. The number of aromatic nitrogens is 3. The standard InChI is InChI=1S/C19H23N3O2/c1-14-6-9-22(19(24)10-14)17(11-15-4-2-3-5-15)18(23)12-16-13-20-7-8-21-16/h6-10,13,15,17H,2-5,11-12H2,1H3/t17-/m0/s1. The Bertz CT molecular complexity index is 749. The first-order chi connectivity index (χ1) is 11.6. The van der Waals surface area contributed by atoms with Gasteiger partial charge in [0.15, 0.2) is 5.78 Å². The van der Waals surface area contributed by atoms with Crippen LogP contribution >= 0.6 is 0 Å². The van der Waals surface area contributed by atoms with Gasteiger partial charge in [-0.05, 0) is 30.9 Å². The minimum Gasteiger partial charge on any atom is -0.305 e. The lowest BCUT2D eigenvalue weighted by Crippen LogP contribution is -2.31. The number of nitrogens with zero attached hydrogens (tertiary/aromatic N) is 3. The molecule has 1 aliphatic carbocycles. The molecule has 1 saturated carbocycles. The van der Waals surface area contributed by atoms with Crippen LogP contribution < -0.4 is 5.56 Å². The van der Waals surface area contributed by atoms with Gasteiger partial charge in [-0.2, -0.15) is 0 Å². The van der Waals surface area contributed by atoms with Gasteiger partial charge < -0.3 is 4.57 Å². The van der Waals surface area contributed by atoms with Crippen LogP contribution in [0.4, 0.5) is 0 Å². The van der Waals surface area contributed by atoms with Crippen LogP contribution in [0.25, 0.3) is 0 Å². The van der Waals surface area contributed by atoms with E-state index in [0.29, 0.717) is 11.6 Å². The van der Waals surface area contributed by atoms with Crippen molar-refractivity contribution in [2.24, 2.45) is 5.92 Å². The van der Waals surface area contributed by atoms with E-state index in [9.17, 15) is 9.59 Å². The van der Waals surface area contributed by atoms with E-state index in [1.165, 1.54) is 12.8 Å². The van der Waals surface area contributed by atoms with Crippen molar-refractivity contribution in [3.05, 3.63) is 58.5 Å².